The van der Waals surface area contributed by atoms with Gasteiger partial charge >= 0.3 is 6.09 Å². The fraction of sp³-hybridized carbons (Fsp3) is 0.533. The summed E-state index contributed by atoms with van der Waals surface area (Å²) in [5.74, 6) is -0.329. The van der Waals surface area contributed by atoms with Crippen LogP contribution in [0.2, 0.25) is 0 Å². The van der Waals surface area contributed by atoms with E-state index in [4.69, 9.17) is 15.4 Å². The number of hydrogen-bond donors (Lipinski definition) is 0. The maximum atomic E-state index is 12.4. The third-order valence-corrected chi connectivity index (χ3v) is 4.49. The van der Waals surface area contributed by atoms with Gasteiger partial charge in [-0.3, -0.25) is 4.90 Å². The number of hydrogen-bond acceptors (Lipinski definition) is 4. The molecule has 0 N–H and O–H groups in total. The van der Waals surface area contributed by atoms with E-state index in [0.29, 0.717) is 13.0 Å². The highest BCUT2D eigenvalue weighted by Crippen LogP contribution is 2.32. The molecule has 5 nitrogen and oxygen atoms in total. The van der Waals surface area contributed by atoms with Crippen LogP contribution in [0.25, 0.3) is 0 Å². The minimum Gasteiger partial charge on any atom is -0.444 e. The van der Waals surface area contributed by atoms with Gasteiger partial charge in [0.1, 0.15) is 5.60 Å². The summed E-state index contributed by atoms with van der Waals surface area (Å²) in [6, 6.07) is 6.87. The van der Waals surface area contributed by atoms with Crippen LogP contribution in [0.4, 0.5) is 4.79 Å². The number of carbonyl (C=O) groups is 1. The van der Waals surface area contributed by atoms with Crippen molar-refractivity contribution in [1.29, 1.82) is 0 Å². The molecule has 0 saturated carbocycles. The molecule has 1 heterocycles. The van der Waals surface area contributed by atoms with Crippen molar-refractivity contribution in [1.82, 2.24) is 4.90 Å². The van der Waals surface area contributed by atoms with Gasteiger partial charge < -0.3 is 4.74 Å². The highest BCUT2D eigenvalue weighted by Gasteiger charge is 2.35. The van der Waals surface area contributed by atoms with Crippen LogP contribution in [0.15, 0.2) is 24.3 Å². The van der Waals surface area contributed by atoms with Gasteiger partial charge in [-0.05, 0) is 38.3 Å². The fourth-order valence-electron chi connectivity index (χ4n) is 2.56. The lowest BCUT2D eigenvalue weighted by Gasteiger charge is -2.37. The van der Waals surface area contributed by atoms with Crippen molar-refractivity contribution in [2.24, 2.45) is 0 Å². The fourth-order valence-corrected chi connectivity index (χ4v) is 3.65. The molecular weight excluding hydrogens is 326 g/mol. The summed E-state index contributed by atoms with van der Waals surface area (Å²) < 4.78 is 28.5. The number of benzene rings is 1. The lowest BCUT2D eigenvalue weighted by atomic mass is 9.94. The van der Waals surface area contributed by atoms with Crippen LogP contribution in [0, 0.1) is 0 Å². The van der Waals surface area contributed by atoms with E-state index in [-0.39, 0.29) is 5.75 Å². The normalized spacial score (nSPS) is 18.7. The molecule has 1 amide bonds. The molecule has 1 aromatic carbocycles. The van der Waals surface area contributed by atoms with E-state index in [1.807, 2.05) is 24.3 Å². The zero-order valence-corrected chi connectivity index (χ0v) is 14.4. The molecule has 1 unspecified atom stereocenters. The van der Waals surface area contributed by atoms with Crippen LogP contribution < -0.4 is 0 Å². The van der Waals surface area contributed by atoms with Crippen LogP contribution in [0.5, 0.6) is 0 Å². The van der Waals surface area contributed by atoms with Gasteiger partial charge in [0.25, 0.3) is 0 Å². The van der Waals surface area contributed by atoms with E-state index in [1.54, 1.807) is 20.8 Å². The van der Waals surface area contributed by atoms with E-state index < -0.39 is 26.8 Å². The van der Waals surface area contributed by atoms with Gasteiger partial charge in [0.2, 0.25) is 9.05 Å². The zero-order chi connectivity index (χ0) is 16.5. The summed E-state index contributed by atoms with van der Waals surface area (Å²) in [5, 5.41) is 0. The number of halogens is 1. The Kier molecular flexibility index (Phi) is 4.73. The summed E-state index contributed by atoms with van der Waals surface area (Å²) in [5.41, 5.74) is 1.20. The topological polar surface area (TPSA) is 63.7 Å². The summed E-state index contributed by atoms with van der Waals surface area (Å²) >= 11 is 0. The summed E-state index contributed by atoms with van der Waals surface area (Å²) in [6.07, 6.45) is 0.140. The average molecular weight is 346 g/mol. The average Bonchev–Trinajstić information content (AvgIpc) is 2.35. The van der Waals surface area contributed by atoms with Crippen LogP contribution in [-0.4, -0.2) is 37.3 Å². The van der Waals surface area contributed by atoms with Crippen LogP contribution in [0.1, 0.15) is 37.9 Å². The Morgan fingerprint density at radius 2 is 2.00 bits per heavy atom. The van der Waals surface area contributed by atoms with Gasteiger partial charge in [-0.1, -0.05) is 24.3 Å². The maximum Gasteiger partial charge on any atom is 0.410 e. The summed E-state index contributed by atoms with van der Waals surface area (Å²) in [6.45, 7) is 5.73. The number of amides is 1. The Labute approximate surface area is 135 Å². The van der Waals surface area contributed by atoms with Crippen molar-refractivity contribution in [2.45, 2.75) is 38.8 Å². The molecule has 1 aliphatic heterocycles. The predicted molar refractivity (Wildman–Crippen MR) is 85.5 cm³/mol. The molecule has 0 radical (unpaired) electrons. The quantitative estimate of drug-likeness (QED) is 0.773. The highest BCUT2D eigenvalue weighted by molar-refractivity contribution is 8.13. The minimum atomic E-state index is -3.75. The number of ether oxygens (including phenoxy) is 1. The monoisotopic (exact) mass is 345 g/mol. The molecular formula is C15H20ClNO4S. The van der Waals surface area contributed by atoms with Crippen molar-refractivity contribution in [3.8, 4) is 0 Å². The molecule has 0 aliphatic carbocycles. The van der Waals surface area contributed by atoms with E-state index in [1.165, 1.54) is 4.90 Å². The molecule has 7 heteroatoms. The molecule has 0 aromatic heterocycles. The van der Waals surface area contributed by atoms with Gasteiger partial charge in [-0.15, -0.1) is 0 Å². The first-order chi connectivity index (χ1) is 10.1. The van der Waals surface area contributed by atoms with Crippen molar-refractivity contribution >= 4 is 25.8 Å². The number of fused-ring (bicyclic) bond motifs is 1. The second-order valence-electron chi connectivity index (χ2n) is 6.34. The van der Waals surface area contributed by atoms with E-state index in [2.05, 4.69) is 0 Å². The van der Waals surface area contributed by atoms with Gasteiger partial charge in [-0.25, -0.2) is 13.2 Å². The Morgan fingerprint density at radius 1 is 1.36 bits per heavy atom. The number of carbonyl (C=O) groups excluding carboxylic acids is 1. The van der Waals surface area contributed by atoms with Crippen molar-refractivity contribution in [3.63, 3.8) is 0 Å². The van der Waals surface area contributed by atoms with Crippen molar-refractivity contribution in [3.05, 3.63) is 35.4 Å². The standard InChI is InChI=1S/C15H20ClNO4S/c1-15(2,3)21-14(18)17-9-8-11-6-4-5-7-12(11)13(17)10-22(16,19)20/h4-7,13H,8-10H2,1-3H3. The molecule has 1 atom stereocenters. The van der Waals surface area contributed by atoms with Crippen molar-refractivity contribution in [2.75, 3.05) is 12.3 Å². The molecule has 1 aromatic rings. The highest BCUT2D eigenvalue weighted by atomic mass is 35.7. The second kappa shape index (κ2) is 6.08. The minimum absolute atomic E-state index is 0.329. The van der Waals surface area contributed by atoms with Crippen LogP contribution >= 0.6 is 10.7 Å². The molecule has 2 rings (SSSR count). The van der Waals surface area contributed by atoms with Gasteiger partial charge in [0.05, 0.1) is 11.8 Å². The molecule has 1 aliphatic rings. The largest absolute Gasteiger partial charge is 0.444 e. The molecule has 0 spiro atoms. The van der Waals surface area contributed by atoms with Gasteiger partial charge in [0, 0.05) is 17.2 Å². The molecule has 0 bridgehead atoms. The maximum absolute atomic E-state index is 12.4. The first-order valence-corrected chi connectivity index (χ1v) is 9.54. The lowest BCUT2D eigenvalue weighted by molar-refractivity contribution is 0.0163. The van der Waals surface area contributed by atoms with Gasteiger partial charge in [-0.2, -0.15) is 0 Å². The van der Waals surface area contributed by atoms with Gasteiger partial charge in [0.15, 0.2) is 0 Å². The second-order valence-corrected chi connectivity index (χ2v) is 9.17. The predicted octanol–water partition coefficient (Wildman–Crippen LogP) is 3.09. The Balaban J connectivity index is 2.35. The SMILES string of the molecule is CC(C)(C)OC(=O)N1CCc2ccccc2C1CS(=O)(=O)Cl. The van der Waals surface area contributed by atoms with E-state index >= 15 is 0 Å². The third-order valence-electron chi connectivity index (χ3n) is 3.40. The Morgan fingerprint density at radius 3 is 2.59 bits per heavy atom. The zero-order valence-electron chi connectivity index (χ0n) is 12.9. The number of rotatable bonds is 2. The Hall–Kier alpha value is -1.27. The van der Waals surface area contributed by atoms with Crippen molar-refractivity contribution < 1.29 is 17.9 Å². The molecule has 0 saturated heterocycles. The summed E-state index contributed by atoms with van der Waals surface area (Å²) in [7, 11) is 1.68. The number of nitrogens with zero attached hydrogens (tertiary/aromatic N) is 1. The Bertz CT molecular complexity index is 666. The first-order valence-electron chi connectivity index (χ1n) is 7.06. The van der Waals surface area contributed by atoms with E-state index in [9.17, 15) is 13.2 Å². The molecule has 22 heavy (non-hydrogen) atoms. The van der Waals surface area contributed by atoms with Crippen LogP contribution in [-0.2, 0) is 20.2 Å². The molecule has 122 valence electrons. The first kappa shape index (κ1) is 17.1. The smallest absolute Gasteiger partial charge is 0.410 e. The third kappa shape index (κ3) is 4.36. The summed E-state index contributed by atoms with van der Waals surface area (Å²) in [4.78, 5) is 13.8. The van der Waals surface area contributed by atoms with E-state index in [0.717, 1.165) is 11.1 Å². The van der Waals surface area contributed by atoms with Crippen LogP contribution in [0.3, 0.4) is 0 Å². The molecule has 0 fully saturated rings. The lowest BCUT2D eigenvalue weighted by Crippen LogP contribution is -2.44.